The Balaban J connectivity index is 1.36. The molecule has 1 unspecified atom stereocenters. The van der Waals surface area contributed by atoms with Crippen molar-refractivity contribution in [2.45, 2.75) is 6.10 Å². The van der Waals surface area contributed by atoms with E-state index in [0.717, 1.165) is 37.6 Å². The first kappa shape index (κ1) is 15.9. The van der Waals surface area contributed by atoms with Crippen LogP contribution in [0.2, 0.25) is 0 Å². The van der Waals surface area contributed by atoms with E-state index in [4.69, 9.17) is 0 Å². The maximum atomic E-state index is 13.3. The fraction of sp³-hybridized carbons (Fsp3) is 0.353. The predicted octanol–water partition coefficient (Wildman–Crippen LogP) is 1.12. The molecule has 0 amide bonds. The summed E-state index contributed by atoms with van der Waals surface area (Å²) in [6.45, 7) is 3.75. The fourth-order valence-corrected chi connectivity index (χ4v) is 3.11. The van der Waals surface area contributed by atoms with Gasteiger partial charge in [-0.2, -0.15) is 4.52 Å². The number of halogens is 1. The molecule has 0 spiro atoms. The molecular formula is C17H19FN6O. The summed E-state index contributed by atoms with van der Waals surface area (Å²) in [6.07, 6.45) is 0.901. The van der Waals surface area contributed by atoms with Crippen LogP contribution < -0.4 is 4.90 Å². The third-order valence-corrected chi connectivity index (χ3v) is 4.51. The topological polar surface area (TPSA) is 69.8 Å². The highest BCUT2D eigenvalue weighted by atomic mass is 19.1. The first-order valence-electron chi connectivity index (χ1n) is 8.27. The number of fused-ring (bicyclic) bond motifs is 1. The molecule has 1 aliphatic rings. The Morgan fingerprint density at radius 1 is 1.12 bits per heavy atom. The van der Waals surface area contributed by atoms with Gasteiger partial charge in [0.1, 0.15) is 18.0 Å². The van der Waals surface area contributed by atoms with E-state index in [1.807, 2.05) is 12.1 Å². The van der Waals surface area contributed by atoms with Crippen LogP contribution in [-0.4, -0.2) is 62.5 Å². The summed E-state index contributed by atoms with van der Waals surface area (Å²) in [5, 5.41) is 22.6. The number of hydrogen-bond donors (Lipinski definition) is 1. The monoisotopic (exact) mass is 342 g/mol. The van der Waals surface area contributed by atoms with Crippen molar-refractivity contribution in [3.63, 3.8) is 0 Å². The van der Waals surface area contributed by atoms with Gasteiger partial charge in [-0.05, 0) is 29.8 Å². The molecular weight excluding hydrogens is 323 g/mol. The van der Waals surface area contributed by atoms with E-state index < -0.39 is 6.10 Å². The third kappa shape index (κ3) is 3.45. The molecule has 3 heterocycles. The van der Waals surface area contributed by atoms with E-state index in [0.29, 0.717) is 12.1 Å². The summed E-state index contributed by atoms with van der Waals surface area (Å²) in [7, 11) is 0. The van der Waals surface area contributed by atoms with Gasteiger partial charge < -0.3 is 10.0 Å². The van der Waals surface area contributed by atoms with Gasteiger partial charge in [0.15, 0.2) is 5.65 Å². The molecule has 0 radical (unpaired) electrons. The van der Waals surface area contributed by atoms with Crippen molar-refractivity contribution in [2.24, 2.45) is 0 Å². The van der Waals surface area contributed by atoms with Gasteiger partial charge in [-0.25, -0.2) is 4.39 Å². The number of benzene rings is 1. The summed E-state index contributed by atoms with van der Waals surface area (Å²) in [6, 6.07) is 9.99. The number of rotatable bonds is 4. The number of aromatic nitrogens is 4. The molecule has 1 atom stereocenters. The van der Waals surface area contributed by atoms with Gasteiger partial charge in [-0.3, -0.25) is 4.90 Å². The molecule has 1 aliphatic heterocycles. The van der Waals surface area contributed by atoms with Crippen LogP contribution in [-0.2, 0) is 0 Å². The SMILES string of the molecule is OC(CN1CCN(c2ccc3nncn3n2)CC1)c1cccc(F)c1. The van der Waals surface area contributed by atoms with Gasteiger partial charge in [0, 0.05) is 32.7 Å². The molecule has 0 aliphatic carbocycles. The Morgan fingerprint density at radius 3 is 2.76 bits per heavy atom. The molecule has 1 N–H and O–H groups in total. The lowest BCUT2D eigenvalue weighted by molar-refractivity contribution is 0.109. The molecule has 8 heteroatoms. The van der Waals surface area contributed by atoms with E-state index in [2.05, 4.69) is 25.1 Å². The average molecular weight is 342 g/mol. The Labute approximate surface area is 144 Å². The number of aliphatic hydroxyl groups excluding tert-OH is 1. The molecule has 0 bridgehead atoms. The van der Waals surface area contributed by atoms with Gasteiger partial charge in [0.25, 0.3) is 0 Å². The lowest BCUT2D eigenvalue weighted by Crippen LogP contribution is -2.47. The summed E-state index contributed by atoms with van der Waals surface area (Å²) in [5.74, 6) is 0.564. The fourth-order valence-electron chi connectivity index (χ4n) is 3.11. The Morgan fingerprint density at radius 2 is 1.96 bits per heavy atom. The molecule has 4 rings (SSSR count). The van der Waals surface area contributed by atoms with Crippen molar-refractivity contribution >= 4 is 11.5 Å². The second-order valence-corrected chi connectivity index (χ2v) is 6.18. The van der Waals surface area contributed by atoms with E-state index in [9.17, 15) is 9.50 Å². The minimum absolute atomic E-state index is 0.322. The van der Waals surface area contributed by atoms with Crippen LogP contribution in [0.4, 0.5) is 10.2 Å². The molecule has 0 saturated carbocycles. The Bertz CT molecular complexity index is 861. The molecule has 130 valence electrons. The molecule has 7 nitrogen and oxygen atoms in total. The molecule has 1 fully saturated rings. The van der Waals surface area contributed by atoms with Gasteiger partial charge in [-0.15, -0.1) is 15.3 Å². The number of hydrogen-bond acceptors (Lipinski definition) is 6. The van der Waals surface area contributed by atoms with E-state index in [1.54, 1.807) is 23.0 Å². The van der Waals surface area contributed by atoms with Crippen LogP contribution in [0.5, 0.6) is 0 Å². The van der Waals surface area contributed by atoms with Crippen LogP contribution in [0, 0.1) is 5.82 Å². The molecule has 1 aromatic carbocycles. The van der Waals surface area contributed by atoms with Crippen molar-refractivity contribution in [3.8, 4) is 0 Å². The highest BCUT2D eigenvalue weighted by Crippen LogP contribution is 2.18. The van der Waals surface area contributed by atoms with Gasteiger partial charge in [-0.1, -0.05) is 12.1 Å². The standard InChI is InChI=1S/C17H19FN6O/c18-14-3-1-2-13(10-14)15(25)11-22-6-8-23(9-7-22)17-5-4-16-20-19-12-24(16)21-17/h1-5,10,12,15,25H,6-9,11H2. The number of anilines is 1. The summed E-state index contributed by atoms with van der Waals surface area (Å²) < 4.78 is 14.9. The van der Waals surface area contributed by atoms with Crippen LogP contribution in [0.3, 0.4) is 0 Å². The van der Waals surface area contributed by atoms with Crippen molar-refractivity contribution in [3.05, 3.63) is 54.1 Å². The Kier molecular flexibility index (Phi) is 4.29. The van der Waals surface area contributed by atoms with Crippen molar-refractivity contribution in [2.75, 3.05) is 37.6 Å². The zero-order chi connectivity index (χ0) is 17.2. The van der Waals surface area contributed by atoms with Crippen molar-refractivity contribution in [1.29, 1.82) is 0 Å². The van der Waals surface area contributed by atoms with Crippen LogP contribution >= 0.6 is 0 Å². The highest BCUT2D eigenvalue weighted by Gasteiger charge is 2.21. The maximum absolute atomic E-state index is 13.3. The van der Waals surface area contributed by atoms with Gasteiger partial charge in [0.2, 0.25) is 0 Å². The normalized spacial score (nSPS) is 17.1. The van der Waals surface area contributed by atoms with Crippen molar-refractivity contribution in [1.82, 2.24) is 24.7 Å². The summed E-state index contributed by atoms with van der Waals surface area (Å²) in [5.41, 5.74) is 1.34. The van der Waals surface area contributed by atoms with E-state index >= 15 is 0 Å². The maximum Gasteiger partial charge on any atom is 0.177 e. The second-order valence-electron chi connectivity index (χ2n) is 6.18. The van der Waals surface area contributed by atoms with Crippen LogP contribution in [0.1, 0.15) is 11.7 Å². The smallest absolute Gasteiger partial charge is 0.177 e. The van der Waals surface area contributed by atoms with Gasteiger partial charge >= 0.3 is 0 Å². The summed E-state index contributed by atoms with van der Waals surface area (Å²) in [4.78, 5) is 4.38. The summed E-state index contributed by atoms with van der Waals surface area (Å²) >= 11 is 0. The zero-order valence-corrected chi connectivity index (χ0v) is 13.7. The lowest BCUT2D eigenvalue weighted by atomic mass is 10.1. The highest BCUT2D eigenvalue weighted by molar-refractivity contribution is 5.45. The van der Waals surface area contributed by atoms with Crippen LogP contribution in [0.25, 0.3) is 5.65 Å². The minimum atomic E-state index is -0.686. The minimum Gasteiger partial charge on any atom is -0.387 e. The zero-order valence-electron chi connectivity index (χ0n) is 13.7. The number of nitrogens with zero attached hydrogens (tertiary/aromatic N) is 6. The van der Waals surface area contributed by atoms with E-state index in [-0.39, 0.29) is 5.82 Å². The van der Waals surface area contributed by atoms with Gasteiger partial charge in [0.05, 0.1) is 6.10 Å². The molecule has 1 saturated heterocycles. The Hall–Kier alpha value is -2.58. The first-order valence-corrected chi connectivity index (χ1v) is 8.27. The lowest BCUT2D eigenvalue weighted by Gasteiger charge is -2.36. The average Bonchev–Trinajstić information content (AvgIpc) is 3.10. The van der Waals surface area contributed by atoms with E-state index in [1.165, 1.54) is 12.1 Å². The quantitative estimate of drug-likeness (QED) is 0.766. The molecule has 2 aromatic heterocycles. The second kappa shape index (κ2) is 6.73. The van der Waals surface area contributed by atoms with Crippen molar-refractivity contribution < 1.29 is 9.50 Å². The first-order chi connectivity index (χ1) is 12.2. The van der Waals surface area contributed by atoms with Crippen LogP contribution in [0.15, 0.2) is 42.7 Å². The molecule has 25 heavy (non-hydrogen) atoms. The molecule has 3 aromatic rings. The largest absolute Gasteiger partial charge is 0.387 e. The third-order valence-electron chi connectivity index (χ3n) is 4.51. The number of β-amino-alcohol motifs (C(OH)–C–C–N with tert-alkyl or cyclic N) is 1. The number of piperazine rings is 1. The number of aliphatic hydroxyl groups is 1. The predicted molar refractivity (Wildman–Crippen MR) is 90.8 cm³/mol.